The van der Waals surface area contributed by atoms with E-state index < -0.39 is 0 Å². The molecule has 1 N–H and O–H groups in total. The fourth-order valence-electron chi connectivity index (χ4n) is 2.28. The Kier molecular flexibility index (Phi) is 6.22. The first kappa shape index (κ1) is 16.5. The van der Waals surface area contributed by atoms with E-state index in [1.165, 1.54) is 11.6 Å². The zero-order chi connectivity index (χ0) is 15.2. The Morgan fingerprint density at radius 3 is 2.57 bits per heavy atom. The third-order valence-corrected chi connectivity index (χ3v) is 4.14. The zero-order valence-electron chi connectivity index (χ0n) is 11.9. The Morgan fingerprint density at radius 2 is 1.90 bits per heavy atom. The van der Waals surface area contributed by atoms with E-state index in [9.17, 15) is 4.39 Å². The third kappa shape index (κ3) is 4.80. The molecule has 0 heterocycles. The van der Waals surface area contributed by atoms with Gasteiger partial charge in [-0.2, -0.15) is 0 Å². The van der Waals surface area contributed by atoms with Crippen molar-refractivity contribution < 1.29 is 4.39 Å². The Labute approximate surface area is 138 Å². The molecule has 2 aromatic rings. The molecule has 0 aliphatic rings. The van der Waals surface area contributed by atoms with Gasteiger partial charge in [0.2, 0.25) is 0 Å². The van der Waals surface area contributed by atoms with Gasteiger partial charge in [0.15, 0.2) is 0 Å². The first-order valence-electron chi connectivity index (χ1n) is 7.03. The van der Waals surface area contributed by atoms with Crippen LogP contribution in [0.1, 0.15) is 36.9 Å². The van der Waals surface area contributed by atoms with Crippen molar-refractivity contribution in [2.45, 2.75) is 32.4 Å². The Morgan fingerprint density at radius 1 is 1.19 bits per heavy atom. The highest BCUT2D eigenvalue weighted by molar-refractivity contribution is 9.10. The van der Waals surface area contributed by atoms with E-state index in [0.29, 0.717) is 12.1 Å². The average Bonchev–Trinajstić information content (AvgIpc) is 2.48. The minimum absolute atomic E-state index is 0.183. The third-order valence-electron chi connectivity index (χ3n) is 3.40. The van der Waals surface area contributed by atoms with Crippen molar-refractivity contribution in [3.05, 3.63) is 68.9 Å². The van der Waals surface area contributed by atoms with E-state index in [1.807, 2.05) is 30.3 Å². The monoisotopic (exact) mass is 369 g/mol. The van der Waals surface area contributed by atoms with Crippen LogP contribution in [0.5, 0.6) is 0 Å². The first-order chi connectivity index (χ1) is 10.1. The van der Waals surface area contributed by atoms with Crippen molar-refractivity contribution in [1.82, 2.24) is 5.32 Å². The zero-order valence-corrected chi connectivity index (χ0v) is 14.2. The van der Waals surface area contributed by atoms with Gasteiger partial charge in [0.1, 0.15) is 5.82 Å². The Bertz CT molecular complexity index is 586. The lowest BCUT2D eigenvalue weighted by atomic mass is 10.0. The van der Waals surface area contributed by atoms with Crippen molar-refractivity contribution >= 4 is 27.5 Å². The fourth-order valence-corrected chi connectivity index (χ4v) is 2.82. The molecule has 0 bridgehead atoms. The van der Waals surface area contributed by atoms with E-state index in [1.54, 1.807) is 6.07 Å². The van der Waals surface area contributed by atoms with Gasteiger partial charge in [-0.1, -0.05) is 53.0 Å². The van der Waals surface area contributed by atoms with E-state index in [-0.39, 0.29) is 11.9 Å². The number of benzene rings is 2. The van der Waals surface area contributed by atoms with Crippen LogP contribution in [-0.2, 0) is 6.54 Å². The van der Waals surface area contributed by atoms with Gasteiger partial charge in [-0.25, -0.2) is 4.39 Å². The highest BCUT2D eigenvalue weighted by atomic mass is 79.9. The van der Waals surface area contributed by atoms with E-state index in [2.05, 4.69) is 28.2 Å². The molecule has 112 valence electrons. The van der Waals surface area contributed by atoms with E-state index in [4.69, 9.17) is 11.6 Å². The van der Waals surface area contributed by atoms with Gasteiger partial charge in [-0.05, 0) is 42.3 Å². The van der Waals surface area contributed by atoms with Gasteiger partial charge in [-0.3, -0.25) is 0 Å². The molecule has 2 rings (SSSR count). The lowest BCUT2D eigenvalue weighted by molar-refractivity contribution is 0.483. The smallest absolute Gasteiger partial charge is 0.127 e. The molecule has 1 nitrogen and oxygen atoms in total. The van der Waals surface area contributed by atoms with Crippen LogP contribution in [0.2, 0.25) is 5.02 Å². The molecule has 0 aliphatic carbocycles. The second kappa shape index (κ2) is 7.92. The largest absolute Gasteiger partial charge is 0.306 e. The molecule has 2 aromatic carbocycles. The maximum atomic E-state index is 13.8. The molecular formula is C17H18BrClFN. The van der Waals surface area contributed by atoms with E-state index >= 15 is 0 Å². The summed E-state index contributed by atoms with van der Waals surface area (Å²) < 4.78 is 14.7. The molecule has 1 atom stereocenters. The molecule has 0 saturated carbocycles. The van der Waals surface area contributed by atoms with Gasteiger partial charge in [0.25, 0.3) is 0 Å². The lowest BCUT2D eigenvalue weighted by Crippen LogP contribution is -2.21. The quantitative estimate of drug-likeness (QED) is 0.670. The van der Waals surface area contributed by atoms with Gasteiger partial charge < -0.3 is 5.32 Å². The number of halogens is 3. The fraction of sp³-hybridized carbons (Fsp3) is 0.294. The predicted molar refractivity (Wildman–Crippen MR) is 90.0 cm³/mol. The summed E-state index contributed by atoms with van der Waals surface area (Å²) in [6.45, 7) is 2.64. The minimum atomic E-state index is -0.183. The molecule has 0 aromatic heterocycles. The van der Waals surface area contributed by atoms with Crippen LogP contribution >= 0.6 is 27.5 Å². The van der Waals surface area contributed by atoms with Crippen LogP contribution in [0.15, 0.2) is 46.9 Å². The number of rotatable bonds is 6. The van der Waals surface area contributed by atoms with Crippen molar-refractivity contribution in [2.75, 3.05) is 0 Å². The van der Waals surface area contributed by atoms with Crippen molar-refractivity contribution in [3.8, 4) is 0 Å². The second-order valence-corrected chi connectivity index (χ2v) is 6.36. The summed E-state index contributed by atoms with van der Waals surface area (Å²) in [6.07, 6.45) is 2.05. The van der Waals surface area contributed by atoms with Crippen LogP contribution in [0.3, 0.4) is 0 Å². The highest BCUT2D eigenvalue weighted by Gasteiger charge is 2.11. The maximum absolute atomic E-state index is 13.8. The SMILES string of the molecule is CCCC(NCc1cc(Br)ccc1F)c1ccc(Cl)cc1. The van der Waals surface area contributed by atoms with Gasteiger partial charge in [0.05, 0.1) is 0 Å². The summed E-state index contributed by atoms with van der Waals surface area (Å²) in [5, 5.41) is 4.17. The standard InChI is InChI=1S/C17H18BrClFN/c1-2-3-17(12-4-7-15(19)8-5-12)21-11-13-10-14(18)6-9-16(13)20/h4-10,17,21H,2-3,11H2,1H3. The molecule has 0 fully saturated rings. The number of hydrogen-bond acceptors (Lipinski definition) is 1. The molecule has 0 amide bonds. The van der Waals surface area contributed by atoms with Gasteiger partial charge >= 0.3 is 0 Å². The van der Waals surface area contributed by atoms with E-state index in [0.717, 1.165) is 22.3 Å². The summed E-state index contributed by atoms with van der Waals surface area (Å²) in [5.74, 6) is -0.183. The van der Waals surface area contributed by atoms with Gasteiger partial charge in [0, 0.05) is 27.6 Å². The lowest BCUT2D eigenvalue weighted by Gasteiger charge is -2.19. The maximum Gasteiger partial charge on any atom is 0.127 e. The Hall–Kier alpha value is -0.900. The van der Waals surface area contributed by atoms with Crippen LogP contribution < -0.4 is 5.32 Å². The summed E-state index contributed by atoms with van der Waals surface area (Å²) in [4.78, 5) is 0. The van der Waals surface area contributed by atoms with Crippen LogP contribution in [0.4, 0.5) is 4.39 Å². The number of nitrogens with one attached hydrogen (secondary N) is 1. The van der Waals surface area contributed by atoms with Crippen LogP contribution in [0, 0.1) is 5.82 Å². The normalized spacial score (nSPS) is 12.4. The predicted octanol–water partition coefficient (Wildman–Crippen LogP) is 5.87. The van der Waals surface area contributed by atoms with Crippen molar-refractivity contribution in [1.29, 1.82) is 0 Å². The topological polar surface area (TPSA) is 12.0 Å². The molecule has 21 heavy (non-hydrogen) atoms. The second-order valence-electron chi connectivity index (χ2n) is 5.01. The highest BCUT2D eigenvalue weighted by Crippen LogP contribution is 2.22. The van der Waals surface area contributed by atoms with Gasteiger partial charge in [-0.15, -0.1) is 0 Å². The summed E-state index contributed by atoms with van der Waals surface area (Å²) in [7, 11) is 0. The molecular weight excluding hydrogens is 353 g/mol. The number of hydrogen-bond donors (Lipinski definition) is 1. The van der Waals surface area contributed by atoms with Crippen LogP contribution in [-0.4, -0.2) is 0 Å². The van der Waals surface area contributed by atoms with Crippen molar-refractivity contribution in [2.24, 2.45) is 0 Å². The molecule has 0 radical (unpaired) electrons. The summed E-state index contributed by atoms with van der Waals surface area (Å²) in [6, 6.07) is 13.0. The summed E-state index contributed by atoms with van der Waals surface area (Å²) >= 11 is 9.31. The molecule has 0 aliphatic heterocycles. The first-order valence-corrected chi connectivity index (χ1v) is 8.20. The van der Waals surface area contributed by atoms with Crippen LogP contribution in [0.25, 0.3) is 0 Å². The molecule has 1 unspecified atom stereocenters. The van der Waals surface area contributed by atoms with Crippen molar-refractivity contribution in [3.63, 3.8) is 0 Å². The Balaban J connectivity index is 2.09. The molecule has 0 saturated heterocycles. The minimum Gasteiger partial charge on any atom is -0.306 e. The molecule has 0 spiro atoms. The average molecular weight is 371 g/mol. The molecule has 4 heteroatoms. The summed E-state index contributed by atoms with van der Waals surface area (Å²) in [5.41, 5.74) is 1.84.